The zero-order valence-electron chi connectivity index (χ0n) is 12.6. The summed E-state index contributed by atoms with van der Waals surface area (Å²) < 4.78 is 0. The number of aliphatic hydroxyl groups is 1. The van der Waals surface area contributed by atoms with Crippen LogP contribution in [0.3, 0.4) is 0 Å². The van der Waals surface area contributed by atoms with Crippen molar-refractivity contribution in [1.82, 2.24) is 20.2 Å². The Labute approximate surface area is 133 Å². The van der Waals surface area contributed by atoms with Crippen molar-refractivity contribution < 1.29 is 9.90 Å². The third-order valence-electron chi connectivity index (χ3n) is 3.87. The minimum absolute atomic E-state index is 0.249. The normalized spacial score (nSPS) is 27.0. The first-order valence-corrected chi connectivity index (χ1v) is 7.97. The quantitative estimate of drug-likeness (QED) is 0.849. The Bertz CT molecular complexity index is 607. The molecule has 2 saturated heterocycles. The maximum Gasteiger partial charge on any atom is 0.285 e. The zero-order chi connectivity index (χ0) is 15.7. The van der Waals surface area contributed by atoms with Crippen molar-refractivity contribution in [1.29, 1.82) is 0 Å². The van der Waals surface area contributed by atoms with Crippen molar-refractivity contribution in [2.24, 2.45) is 0 Å². The summed E-state index contributed by atoms with van der Waals surface area (Å²) in [6.07, 6.45) is 3.58. The first kappa shape index (κ1) is 15.3. The van der Waals surface area contributed by atoms with Crippen LogP contribution in [0.25, 0.3) is 6.08 Å². The van der Waals surface area contributed by atoms with E-state index in [1.807, 2.05) is 0 Å². The largest absolute Gasteiger partial charge is 0.369 e. The number of likely N-dealkylation sites (N-methyl/N-ethyl adjacent to an activating group) is 1. The Kier molecular flexibility index (Phi) is 4.32. The number of amides is 1. The van der Waals surface area contributed by atoms with Crippen LogP contribution in [0.1, 0.15) is 12.1 Å². The van der Waals surface area contributed by atoms with Crippen molar-refractivity contribution in [2.45, 2.75) is 18.7 Å². The molecule has 0 bridgehead atoms. The summed E-state index contributed by atoms with van der Waals surface area (Å²) in [6, 6.07) is 2.28. The molecule has 0 radical (unpaired) electrons. The van der Waals surface area contributed by atoms with E-state index in [0.29, 0.717) is 22.6 Å². The van der Waals surface area contributed by atoms with Gasteiger partial charge in [-0.05, 0) is 44.4 Å². The SMILES string of the molecule is CN(C)C1CCN(c2nccc(C=C3SC(=O)NC3O)n2)C1. The van der Waals surface area contributed by atoms with Crippen molar-refractivity contribution in [3.05, 3.63) is 22.9 Å². The number of carbonyl (C=O) groups excluding carboxylic acids is 1. The fourth-order valence-corrected chi connectivity index (χ4v) is 3.30. The first-order chi connectivity index (χ1) is 10.5. The van der Waals surface area contributed by atoms with Gasteiger partial charge >= 0.3 is 0 Å². The fraction of sp³-hybridized carbons (Fsp3) is 0.500. The zero-order valence-corrected chi connectivity index (χ0v) is 13.4. The lowest BCUT2D eigenvalue weighted by Gasteiger charge is -2.20. The van der Waals surface area contributed by atoms with Gasteiger partial charge in [0, 0.05) is 30.2 Å². The van der Waals surface area contributed by atoms with Crippen molar-refractivity contribution in [3.63, 3.8) is 0 Å². The summed E-state index contributed by atoms with van der Waals surface area (Å²) in [5.74, 6) is 0.690. The Hall–Kier alpha value is -1.64. The molecule has 7 nitrogen and oxygen atoms in total. The topological polar surface area (TPSA) is 81.6 Å². The maximum atomic E-state index is 11.2. The number of aliphatic hydroxyl groups excluding tert-OH is 1. The average molecular weight is 321 g/mol. The minimum atomic E-state index is -0.944. The second kappa shape index (κ2) is 6.23. The van der Waals surface area contributed by atoms with Crippen LogP contribution in [-0.2, 0) is 0 Å². The predicted molar refractivity (Wildman–Crippen MR) is 86.4 cm³/mol. The van der Waals surface area contributed by atoms with Crippen LogP contribution in [0.15, 0.2) is 17.2 Å². The number of hydrogen-bond donors (Lipinski definition) is 2. The van der Waals surface area contributed by atoms with E-state index in [1.165, 1.54) is 0 Å². The van der Waals surface area contributed by atoms with Crippen LogP contribution in [0.4, 0.5) is 10.7 Å². The molecule has 0 saturated carbocycles. The molecule has 2 fully saturated rings. The number of thioether (sulfide) groups is 1. The van der Waals surface area contributed by atoms with E-state index in [4.69, 9.17) is 0 Å². The highest BCUT2D eigenvalue weighted by molar-refractivity contribution is 8.17. The predicted octanol–water partition coefficient (Wildman–Crippen LogP) is 0.733. The highest BCUT2D eigenvalue weighted by Crippen LogP contribution is 2.28. The first-order valence-electron chi connectivity index (χ1n) is 7.15. The Morgan fingerprint density at radius 2 is 2.36 bits per heavy atom. The number of hydrogen-bond acceptors (Lipinski definition) is 7. The molecule has 0 aliphatic carbocycles. The molecular weight excluding hydrogens is 302 g/mol. The molecule has 2 aliphatic heterocycles. The summed E-state index contributed by atoms with van der Waals surface area (Å²) in [6.45, 7) is 1.84. The summed E-state index contributed by atoms with van der Waals surface area (Å²) in [4.78, 5) is 25.0. The van der Waals surface area contributed by atoms with E-state index in [2.05, 4.69) is 39.2 Å². The second-order valence-electron chi connectivity index (χ2n) is 5.62. The minimum Gasteiger partial charge on any atom is -0.369 e. The van der Waals surface area contributed by atoms with Gasteiger partial charge in [0.05, 0.1) is 5.69 Å². The summed E-state index contributed by atoms with van der Waals surface area (Å²) in [5, 5.41) is 11.9. The average Bonchev–Trinajstić information content (AvgIpc) is 3.07. The van der Waals surface area contributed by atoms with Gasteiger partial charge in [0.1, 0.15) is 0 Å². The van der Waals surface area contributed by atoms with E-state index in [0.717, 1.165) is 31.3 Å². The third-order valence-corrected chi connectivity index (χ3v) is 4.75. The number of rotatable bonds is 3. The standard InChI is InChI=1S/C14H19N5O2S/c1-18(2)10-4-6-19(8-10)13-15-5-3-9(16-13)7-11-12(20)17-14(21)22-11/h3,5,7,10,12,20H,4,6,8H2,1-2H3,(H,17,21). The highest BCUT2D eigenvalue weighted by atomic mass is 32.2. The number of carbonyl (C=O) groups is 1. The summed E-state index contributed by atoms with van der Waals surface area (Å²) >= 11 is 0.991. The van der Waals surface area contributed by atoms with E-state index in [-0.39, 0.29) is 5.24 Å². The molecule has 2 N–H and O–H groups in total. The Balaban J connectivity index is 1.76. The van der Waals surface area contributed by atoms with Gasteiger partial charge in [0.25, 0.3) is 5.24 Å². The molecule has 3 rings (SSSR count). The van der Waals surface area contributed by atoms with E-state index < -0.39 is 6.23 Å². The van der Waals surface area contributed by atoms with Gasteiger partial charge in [-0.3, -0.25) is 4.79 Å². The van der Waals surface area contributed by atoms with Crippen LogP contribution < -0.4 is 10.2 Å². The molecule has 8 heteroatoms. The molecule has 2 unspecified atom stereocenters. The molecule has 2 atom stereocenters. The molecule has 2 aliphatic rings. The third kappa shape index (κ3) is 3.23. The lowest BCUT2D eigenvalue weighted by atomic mass is 10.2. The Morgan fingerprint density at radius 3 is 3.00 bits per heavy atom. The van der Waals surface area contributed by atoms with Gasteiger partial charge in [-0.2, -0.15) is 0 Å². The van der Waals surface area contributed by atoms with Crippen LogP contribution in [-0.4, -0.2) is 64.7 Å². The van der Waals surface area contributed by atoms with E-state index in [1.54, 1.807) is 18.3 Å². The molecule has 3 heterocycles. The summed E-state index contributed by atoms with van der Waals surface area (Å²) in [7, 11) is 4.16. The number of nitrogens with one attached hydrogen (secondary N) is 1. The smallest absolute Gasteiger partial charge is 0.285 e. The number of nitrogens with zero attached hydrogens (tertiary/aromatic N) is 4. The van der Waals surface area contributed by atoms with Gasteiger partial charge < -0.3 is 20.2 Å². The van der Waals surface area contributed by atoms with Gasteiger partial charge in [-0.1, -0.05) is 0 Å². The molecule has 1 amide bonds. The van der Waals surface area contributed by atoms with Crippen LogP contribution in [0, 0.1) is 0 Å². The molecular formula is C14H19N5O2S. The lowest BCUT2D eigenvalue weighted by Crippen LogP contribution is -2.32. The lowest BCUT2D eigenvalue weighted by molar-refractivity contribution is 0.192. The van der Waals surface area contributed by atoms with Crippen LogP contribution in [0.5, 0.6) is 0 Å². The molecule has 0 aromatic carbocycles. The van der Waals surface area contributed by atoms with Crippen molar-refractivity contribution in [2.75, 3.05) is 32.1 Å². The monoisotopic (exact) mass is 321 g/mol. The highest BCUT2D eigenvalue weighted by Gasteiger charge is 2.27. The van der Waals surface area contributed by atoms with Gasteiger partial charge in [0.15, 0.2) is 6.23 Å². The molecule has 22 heavy (non-hydrogen) atoms. The van der Waals surface area contributed by atoms with Gasteiger partial charge in [-0.15, -0.1) is 0 Å². The van der Waals surface area contributed by atoms with Crippen molar-refractivity contribution >= 4 is 29.0 Å². The second-order valence-corrected chi connectivity index (χ2v) is 6.66. The van der Waals surface area contributed by atoms with E-state index >= 15 is 0 Å². The molecule has 1 aromatic heterocycles. The van der Waals surface area contributed by atoms with Crippen molar-refractivity contribution in [3.8, 4) is 0 Å². The van der Waals surface area contributed by atoms with E-state index in [9.17, 15) is 9.90 Å². The number of anilines is 1. The fourth-order valence-electron chi connectivity index (χ4n) is 2.57. The molecule has 1 aromatic rings. The van der Waals surface area contributed by atoms with Crippen LogP contribution >= 0.6 is 11.8 Å². The van der Waals surface area contributed by atoms with Gasteiger partial charge in [-0.25, -0.2) is 9.97 Å². The Morgan fingerprint density at radius 1 is 1.55 bits per heavy atom. The number of aromatic nitrogens is 2. The van der Waals surface area contributed by atoms with Gasteiger partial charge in [0.2, 0.25) is 5.95 Å². The maximum absolute atomic E-state index is 11.2. The molecule has 0 spiro atoms. The van der Waals surface area contributed by atoms with Crippen LogP contribution in [0.2, 0.25) is 0 Å². The summed E-state index contributed by atoms with van der Waals surface area (Å²) in [5.41, 5.74) is 0.691. The molecule has 118 valence electrons.